The zero-order valence-electron chi connectivity index (χ0n) is 6.29. The van der Waals surface area contributed by atoms with E-state index in [-0.39, 0.29) is 17.6 Å². The summed E-state index contributed by atoms with van der Waals surface area (Å²) >= 11 is 0. The highest BCUT2D eigenvalue weighted by atomic mass is 16.5. The van der Waals surface area contributed by atoms with Crippen LogP contribution in [0.2, 0.25) is 0 Å². The molecule has 11 heavy (non-hydrogen) atoms. The van der Waals surface area contributed by atoms with Gasteiger partial charge in [0.1, 0.15) is 5.78 Å². The zero-order valence-corrected chi connectivity index (χ0v) is 6.29. The van der Waals surface area contributed by atoms with Crippen LogP contribution in [0.15, 0.2) is 0 Å². The number of hydrogen-bond donors (Lipinski definition) is 2. The average Bonchev–Trinajstić information content (AvgIpc) is 2.17. The molecule has 2 saturated carbocycles. The number of carbonyl (C=O) groups excluding carboxylic acids is 1. The van der Waals surface area contributed by atoms with Crippen LogP contribution < -0.4 is 0 Å². The molecule has 62 valence electrons. The second-order valence-electron chi connectivity index (χ2n) is 3.86. The van der Waals surface area contributed by atoms with Gasteiger partial charge in [0.15, 0.2) is 5.79 Å². The summed E-state index contributed by atoms with van der Waals surface area (Å²) in [5.41, 5.74) is 0. The first-order valence-electron chi connectivity index (χ1n) is 4.03. The fraction of sp³-hybridized carbons (Fsp3) is 0.875. The van der Waals surface area contributed by atoms with Crippen molar-refractivity contribution >= 4 is 5.78 Å². The number of aliphatic hydroxyl groups is 2. The molecule has 3 nitrogen and oxygen atoms in total. The third-order valence-electron chi connectivity index (χ3n) is 2.82. The van der Waals surface area contributed by atoms with E-state index in [1.165, 1.54) is 0 Å². The molecule has 0 amide bonds. The van der Waals surface area contributed by atoms with Crippen molar-refractivity contribution in [1.82, 2.24) is 0 Å². The van der Waals surface area contributed by atoms with Crippen LogP contribution in [-0.4, -0.2) is 21.8 Å². The molecule has 0 aromatic heterocycles. The van der Waals surface area contributed by atoms with Crippen molar-refractivity contribution in [2.45, 2.75) is 31.5 Å². The minimum absolute atomic E-state index is 0.248. The molecule has 2 fully saturated rings. The lowest BCUT2D eigenvalue weighted by Crippen LogP contribution is -2.24. The van der Waals surface area contributed by atoms with Gasteiger partial charge in [-0.3, -0.25) is 4.79 Å². The molecule has 0 saturated heterocycles. The van der Waals surface area contributed by atoms with Gasteiger partial charge in [-0.2, -0.15) is 0 Å². The maximum absolute atomic E-state index is 10.9. The molecule has 2 atom stereocenters. The van der Waals surface area contributed by atoms with Crippen LogP contribution in [0.5, 0.6) is 0 Å². The van der Waals surface area contributed by atoms with Gasteiger partial charge in [0.05, 0.1) is 0 Å². The van der Waals surface area contributed by atoms with Gasteiger partial charge < -0.3 is 10.2 Å². The highest BCUT2D eigenvalue weighted by Gasteiger charge is 2.47. The Hall–Kier alpha value is -0.410. The van der Waals surface area contributed by atoms with E-state index in [2.05, 4.69) is 0 Å². The van der Waals surface area contributed by atoms with Gasteiger partial charge in [-0.1, -0.05) is 0 Å². The highest BCUT2D eigenvalue weighted by molar-refractivity contribution is 5.81. The summed E-state index contributed by atoms with van der Waals surface area (Å²) in [6.45, 7) is 0. The maximum Gasteiger partial charge on any atom is 0.163 e. The number of ketones is 1. The summed E-state index contributed by atoms with van der Waals surface area (Å²) in [5.74, 6) is -0.693. The van der Waals surface area contributed by atoms with Crippen LogP contribution in [0, 0.1) is 11.8 Å². The Morgan fingerprint density at radius 1 is 1.18 bits per heavy atom. The summed E-state index contributed by atoms with van der Waals surface area (Å²) in [7, 11) is 0. The SMILES string of the molecule is O=C1C[C@@H]2CC(O)(O)C[C@@H]2C1. The molecule has 0 bridgehead atoms. The largest absolute Gasteiger partial charge is 0.366 e. The van der Waals surface area contributed by atoms with Gasteiger partial charge in [-0.25, -0.2) is 0 Å². The van der Waals surface area contributed by atoms with Crippen molar-refractivity contribution < 1.29 is 15.0 Å². The number of fused-ring (bicyclic) bond motifs is 1. The van der Waals surface area contributed by atoms with Gasteiger partial charge in [-0.15, -0.1) is 0 Å². The van der Waals surface area contributed by atoms with E-state index in [0.717, 1.165) is 0 Å². The predicted octanol–water partition coefficient (Wildman–Crippen LogP) is 0.0564. The summed E-state index contributed by atoms with van der Waals surface area (Å²) < 4.78 is 0. The van der Waals surface area contributed by atoms with Crippen LogP contribution in [0.25, 0.3) is 0 Å². The second-order valence-corrected chi connectivity index (χ2v) is 3.86. The molecule has 0 aromatic carbocycles. The Kier molecular flexibility index (Phi) is 1.35. The Labute approximate surface area is 65.0 Å². The molecule has 2 rings (SSSR count). The first kappa shape index (κ1) is 7.25. The van der Waals surface area contributed by atoms with Crippen molar-refractivity contribution in [3.63, 3.8) is 0 Å². The minimum atomic E-state index is -1.48. The summed E-state index contributed by atoms with van der Waals surface area (Å²) in [5, 5.41) is 18.5. The quantitative estimate of drug-likeness (QED) is 0.487. The van der Waals surface area contributed by atoms with Crippen molar-refractivity contribution in [1.29, 1.82) is 0 Å². The monoisotopic (exact) mass is 156 g/mol. The fourth-order valence-corrected chi connectivity index (χ4v) is 2.40. The van der Waals surface area contributed by atoms with Gasteiger partial charge in [0.25, 0.3) is 0 Å². The molecular formula is C8H12O3. The molecular weight excluding hydrogens is 144 g/mol. The van der Waals surface area contributed by atoms with E-state index in [4.69, 9.17) is 0 Å². The van der Waals surface area contributed by atoms with Crippen molar-refractivity contribution in [2.75, 3.05) is 0 Å². The molecule has 3 heteroatoms. The molecule has 2 aliphatic carbocycles. The Balaban J connectivity index is 2.09. The molecule has 2 N–H and O–H groups in total. The van der Waals surface area contributed by atoms with E-state index >= 15 is 0 Å². The topological polar surface area (TPSA) is 57.5 Å². The van der Waals surface area contributed by atoms with E-state index in [1.54, 1.807) is 0 Å². The van der Waals surface area contributed by atoms with Crippen LogP contribution in [-0.2, 0) is 4.79 Å². The summed E-state index contributed by atoms with van der Waals surface area (Å²) in [4.78, 5) is 10.9. The first-order valence-corrected chi connectivity index (χ1v) is 4.03. The third kappa shape index (κ3) is 1.19. The molecule has 0 aromatic rings. The molecule has 2 aliphatic rings. The van der Waals surface area contributed by atoms with E-state index in [9.17, 15) is 15.0 Å². The lowest BCUT2D eigenvalue weighted by molar-refractivity contribution is -0.158. The number of Topliss-reactive ketones (excluding diaryl/α,β-unsaturated/α-hetero) is 1. The Morgan fingerprint density at radius 3 is 2.09 bits per heavy atom. The Bertz CT molecular complexity index is 180. The lowest BCUT2D eigenvalue weighted by atomic mass is 10.0. The van der Waals surface area contributed by atoms with Crippen molar-refractivity contribution in [2.24, 2.45) is 11.8 Å². The summed E-state index contributed by atoms with van der Waals surface area (Å²) in [6.07, 6.45) is 1.91. The first-order chi connectivity index (χ1) is 5.07. The van der Waals surface area contributed by atoms with Crippen LogP contribution in [0.3, 0.4) is 0 Å². The third-order valence-corrected chi connectivity index (χ3v) is 2.82. The number of carbonyl (C=O) groups is 1. The number of hydrogen-bond acceptors (Lipinski definition) is 3. The highest BCUT2D eigenvalue weighted by Crippen LogP contribution is 2.46. The lowest BCUT2D eigenvalue weighted by Gasteiger charge is -2.14. The second kappa shape index (κ2) is 2.05. The number of rotatable bonds is 0. The van der Waals surface area contributed by atoms with Crippen molar-refractivity contribution in [3.05, 3.63) is 0 Å². The van der Waals surface area contributed by atoms with Crippen LogP contribution in [0.4, 0.5) is 0 Å². The molecule has 0 heterocycles. The van der Waals surface area contributed by atoms with Crippen LogP contribution >= 0.6 is 0 Å². The van der Waals surface area contributed by atoms with Gasteiger partial charge in [0.2, 0.25) is 0 Å². The van der Waals surface area contributed by atoms with E-state index < -0.39 is 5.79 Å². The van der Waals surface area contributed by atoms with Gasteiger partial charge >= 0.3 is 0 Å². The molecule has 0 spiro atoms. The van der Waals surface area contributed by atoms with Crippen LogP contribution in [0.1, 0.15) is 25.7 Å². The summed E-state index contributed by atoms with van der Waals surface area (Å²) in [6, 6.07) is 0. The Morgan fingerprint density at radius 2 is 1.64 bits per heavy atom. The molecule has 0 radical (unpaired) electrons. The van der Waals surface area contributed by atoms with Gasteiger partial charge in [0, 0.05) is 25.7 Å². The van der Waals surface area contributed by atoms with Gasteiger partial charge in [-0.05, 0) is 11.8 Å². The molecule has 0 unspecified atom stereocenters. The van der Waals surface area contributed by atoms with Crippen molar-refractivity contribution in [3.8, 4) is 0 Å². The zero-order chi connectivity index (χ0) is 8.06. The smallest absolute Gasteiger partial charge is 0.163 e. The standard InChI is InChI=1S/C8H12O3/c9-7-1-5-3-8(10,11)4-6(5)2-7/h5-6,10-11H,1-4H2/t5-,6+. The minimum Gasteiger partial charge on any atom is -0.366 e. The fourth-order valence-electron chi connectivity index (χ4n) is 2.40. The predicted molar refractivity (Wildman–Crippen MR) is 37.6 cm³/mol. The molecule has 0 aliphatic heterocycles. The maximum atomic E-state index is 10.9. The van der Waals surface area contributed by atoms with E-state index in [1.807, 2.05) is 0 Å². The van der Waals surface area contributed by atoms with E-state index in [0.29, 0.717) is 25.7 Å². The normalized spacial score (nSPS) is 41.1. The average molecular weight is 156 g/mol.